The van der Waals surface area contributed by atoms with Crippen LogP contribution in [0.25, 0.3) is 0 Å². The minimum atomic E-state index is -0.481. The van der Waals surface area contributed by atoms with Gasteiger partial charge in [0.1, 0.15) is 11.3 Å². The number of amides is 1. The second-order valence-corrected chi connectivity index (χ2v) is 6.53. The lowest BCUT2D eigenvalue weighted by Gasteiger charge is -2.11. The number of benzene rings is 1. The first-order valence-corrected chi connectivity index (χ1v) is 9.19. The lowest BCUT2D eigenvalue weighted by molar-refractivity contribution is -0.118. The first-order chi connectivity index (χ1) is 13.0. The number of esters is 1. The maximum atomic E-state index is 12.3. The van der Waals surface area contributed by atoms with Crippen LogP contribution >= 0.6 is 11.3 Å². The molecule has 144 valence electrons. The Morgan fingerprint density at radius 3 is 2.59 bits per heavy atom. The second-order valence-electron chi connectivity index (χ2n) is 5.39. The molecule has 0 saturated carbocycles. The van der Waals surface area contributed by atoms with Crippen LogP contribution in [0.3, 0.4) is 0 Å². The van der Waals surface area contributed by atoms with Crippen LogP contribution in [-0.2, 0) is 16.0 Å². The highest BCUT2D eigenvalue weighted by Gasteiger charge is 2.19. The zero-order valence-electron chi connectivity index (χ0n) is 15.4. The summed E-state index contributed by atoms with van der Waals surface area (Å²) in [6, 6.07) is 6.38. The minimum Gasteiger partial charge on any atom is -0.493 e. The molecule has 0 fully saturated rings. The third-order valence-electron chi connectivity index (χ3n) is 3.56. The van der Waals surface area contributed by atoms with E-state index in [0.717, 1.165) is 11.3 Å². The van der Waals surface area contributed by atoms with E-state index in [1.807, 2.05) is 6.92 Å². The number of rotatable bonds is 9. The number of methoxy groups -OCH3 is 1. The monoisotopic (exact) mass is 391 g/mol. The van der Waals surface area contributed by atoms with Gasteiger partial charge in [-0.1, -0.05) is 6.92 Å². The smallest absolute Gasteiger partial charge is 0.341 e. The summed E-state index contributed by atoms with van der Waals surface area (Å²) < 4.78 is 15.7. The number of thiophene rings is 1. The van der Waals surface area contributed by atoms with Gasteiger partial charge in [0.15, 0.2) is 18.1 Å². The van der Waals surface area contributed by atoms with E-state index in [1.165, 1.54) is 24.5 Å². The van der Waals surface area contributed by atoms with E-state index in [-0.39, 0.29) is 19.0 Å². The van der Waals surface area contributed by atoms with Crippen LogP contribution in [0.4, 0.5) is 5.00 Å². The molecule has 0 aliphatic heterocycles. The van der Waals surface area contributed by atoms with Crippen LogP contribution < -0.4 is 14.8 Å². The van der Waals surface area contributed by atoms with Gasteiger partial charge in [0.05, 0.1) is 19.3 Å². The topological polar surface area (TPSA) is 90.9 Å². The summed E-state index contributed by atoms with van der Waals surface area (Å²) in [5.41, 5.74) is 0.731. The van der Waals surface area contributed by atoms with Crippen molar-refractivity contribution in [3.05, 3.63) is 40.3 Å². The van der Waals surface area contributed by atoms with Crippen molar-refractivity contribution in [3.8, 4) is 11.5 Å². The van der Waals surface area contributed by atoms with E-state index in [0.29, 0.717) is 28.2 Å². The minimum absolute atomic E-state index is 0.250. The quantitative estimate of drug-likeness (QED) is 0.521. The van der Waals surface area contributed by atoms with Crippen molar-refractivity contribution in [2.24, 2.45) is 0 Å². The van der Waals surface area contributed by atoms with Gasteiger partial charge in [0.25, 0.3) is 5.91 Å². The van der Waals surface area contributed by atoms with E-state index < -0.39 is 11.9 Å². The highest BCUT2D eigenvalue weighted by molar-refractivity contribution is 7.16. The number of ether oxygens (including phenoxy) is 3. The maximum Gasteiger partial charge on any atom is 0.341 e. The molecule has 0 unspecified atom stereocenters. The fourth-order valence-electron chi connectivity index (χ4n) is 2.26. The van der Waals surface area contributed by atoms with Gasteiger partial charge in [0.2, 0.25) is 0 Å². The van der Waals surface area contributed by atoms with Crippen molar-refractivity contribution in [1.29, 1.82) is 0 Å². The third-order valence-corrected chi connectivity index (χ3v) is 4.76. The molecule has 1 amide bonds. The Hall–Kier alpha value is -2.87. The van der Waals surface area contributed by atoms with Crippen LogP contribution in [0.5, 0.6) is 11.5 Å². The summed E-state index contributed by atoms with van der Waals surface area (Å²) in [4.78, 5) is 36.2. The van der Waals surface area contributed by atoms with Gasteiger partial charge in [-0.15, -0.1) is 11.3 Å². The molecule has 0 spiro atoms. The lowest BCUT2D eigenvalue weighted by Crippen LogP contribution is -2.21. The van der Waals surface area contributed by atoms with E-state index in [1.54, 1.807) is 25.1 Å². The van der Waals surface area contributed by atoms with Crippen molar-refractivity contribution in [2.45, 2.75) is 20.3 Å². The van der Waals surface area contributed by atoms with Crippen LogP contribution in [0.15, 0.2) is 24.3 Å². The summed E-state index contributed by atoms with van der Waals surface area (Å²) >= 11 is 1.32. The van der Waals surface area contributed by atoms with Gasteiger partial charge in [-0.25, -0.2) is 4.79 Å². The molecule has 2 aromatic rings. The van der Waals surface area contributed by atoms with Gasteiger partial charge in [-0.05, 0) is 37.6 Å². The number of hydrogen-bond donors (Lipinski definition) is 1. The number of aldehydes is 1. The number of aryl methyl sites for hydroxylation is 1. The molecule has 1 N–H and O–H groups in total. The largest absolute Gasteiger partial charge is 0.493 e. The summed E-state index contributed by atoms with van der Waals surface area (Å²) in [6.45, 7) is 3.62. The van der Waals surface area contributed by atoms with Crippen LogP contribution in [-0.4, -0.2) is 38.5 Å². The standard InChI is InChI=1S/C19H21NO6S/c1-4-13-9-14(19(23)25-5-2)18(27-13)20-17(22)11-26-16-8-12(10-21)6-7-15(16)24-3/h6-10H,4-5,11H2,1-3H3,(H,20,22). The summed E-state index contributed by atoms with van der Waals surface area (Å²) in [5, 5.41) is 3.11. The first kappa shape index (κ1) is 20.4. The third kappa shape index (κ3) is 5.30. The van der Waals surface area contributed by atoms with Crippen molar-refractivity contribution >= 4 is 34.5 Å². The molecule has 27 heavy (non-hydrogen) atoms. The Balaban J connectivity index is 2.09. The Kier molecular flexibility index (Phi) is 7.36. The summed E-state index contributed by atoms with van der Waals surface area (Å²) in [5.74, 6) is -0.234. The molecular weight excluding hydrogens is 370 g/mol. The zero-order valence-corrected chi connectivity index (χ0v) is 16.2. The molecular formula is C19H21NO6S. The molecule has 0 aliphatic rings. The Labute approximate surface area is 161 Å². The zero-order chi connectivity index (χ0) is 19.8. The number of carbonyl (C=O) groups excluding carboxylic acids is 3. The molecule has 0 atom stereocenters. The number of nitrogens with one attached hydrogen (secondary N) is 1. The number of carbonyl (C=O) groups is 3. The molecule has 1 heterocycles. The predicted molar refractivity (Wildman–Crippen MR) is 102 cm³/mol. The Morgan fingerprint density at radius 1 is 1.19 bits per heavy atom. The molecule has 1 aromatic carbocycles. The van der Waals surface area contributed by atoms with Gasteiger partial charge >= 0.3 is 5.97 Å². The van der Waals surface area contributed by atoms with E-state index in [9.17, 15) is 14.4 Å². The predicted octanol–water partition coefficient (Wildman–Crippen LogP) is 3.33. The molecule has 0 bridgehead atoms. The molecule has 0 radical (unpaired) electrons. The van der Waals surface area contributed by atoms with Crippen molar-refractivity contribution < 1.29 is 28.6 Å². The molecule has 1 aromatic heterocycles. The number of anilines is 1. The van der Waals surface area contributed by atoms with E-state index >= 15 is 0 Å². The van der Waals surface area contributed by atoms with Crippen LogP contribution in [0, 0.1) is 0 Å². The highest BCUT2D eigenvalue weighted by atomic mass is 32.1. The van der Waals surface area contributed by atoms with Gasteiger partial charge < -0.3 is 19.5 Å². The van der Waals surface area contributed by atoms with Crippen molar-refractivity contribution in [2.75, 3.05) is 25.6 Å². The molecule has 8 heteroatoms. The van der Waals surface area contributed by atoms with E-state index in [4.69, 9.17) is 14.2 Å². The fourth-order valence-corrected chi connectivity index (χ4v) is 3.26. The lowest BCUT2D eigenvalue weighted by atomic mass is 10.2. The summed E-state index contributed by atoms with van der Waals surface area (Å²) in [6.07, 6.45) is 1.41. The average molecular weight is 391 g/mol. The van der Waals surface area contributed by atoms with Crippen LogP contribution in [0.1, 0.15) is 39.4 Å². The second kappa shape index (κ2) is 9.72. The van der Waals surface area contributed by atoms with Crippen molar-refractivity contribution in [1.82, 2.24) is 0 Å². The van der Waals surface area contributed by atoms with E-state index in [2.05, 4.69) is 5.32 Å². The molecule has 7 nitrogen and oxygen atoms in total. The molecule has 0 aliphatic carbocycles. The average Bonchev–Trinajstić information content (AvgIpc) is 3.09. The van der Waals surface area contributed by atoms with Crippen molar-refractivity contribution in [3.63, 3.8) is 0 Å². The molecule has 0 saturated heterocycles. The Bertz CT molecular complexity index is 830. The maximum absolute atomic E-state index is 12.3. The SMILES string of the molecule is CCOC(=O)c1cc(CC)sc1NC(=O)COc1cc(C=O)ccc1OC. The highest BCUT2D eigenvalue weighted by Crippen LogP contribution is 2.30. The summed E-state index contributed by atoms with van der Waals surface area (Å²) in [7, 11) is 1.46. The van der Waals surface area contributed by atoms with Gasteiger partial charge in [-0.3, -0.25) is 9.59 Å². The normalized spacial score (nSPS) is 10.2. The van der Waals surface area contributed by atoms with Crippen LogP contribution in [0.2, 0.25) is 0 Å². The fraction of sp³-hybridized carbons (Fsp3) is 0.316. The van der Waals surface area contributed by atoms with Gasteiger partial charge in [0, 0.05) is 10.4 Å². The Morgan fingerprint density at radius 2 is 1.96 bits per heavy atom. The van der Waals surface area contributed by atoms with Gasteiger partial charge in [-0.2, -0.15) is 0 Å². The molecule has 2 rings (SSSR count). The first-order valence-electron chi connectivity index (χ1n) is 8.38. The number of hydrogen-bond acceptors (Lipinski definition) is 7.